The predicted molar refractivity (Wildman–Crippen MR) is 118 cm³/mol. The lowest BCUT2D eigenvalue weighted by atomic mass is 9.94. The fourth-order valence-corrected chi connectivity index (χ4v) is 4.46. The Morgan fingerprint density at radius 2 is 1.59 bits per heavy atom. The number of halogens is 2. The maximum absolute atomic E-state index is 6.18. The molecule has 0 amide bonds. The lowest BCUT2D eigenvalue weighted by molar-refractivity contribution is 0.954. The molecule has 0 radical (unpaired) electrons. The first kappa shape index (κ1) is 18.3. The highest BCUT2D eigenvalue weighted by Crippen LogP contribution is 2.37. The molecular formula is C25H22Cl2. The minimum atomic E-state index is 0.681. The van der Waals surface area contributed by atoms with Gasteiger partial charge in [-0.1, -0.05) is 77.3 Å². The third-order valence-electron chi connectivity index (χ3n) is 5.25. The monoisotopic (exact) mass is 392 g/mol. The van der Waals surface area contributed by atoms with Gasteiger partial charge in [0.25, 0.3) is 0 Å². The second-order valence-corrected chi connectivity index (χ2v) is 8.18. The number of rotatable bonds is 4. The van der Waals surface area contributed by atoms with E-state index in [2.05, 4.69) is 55.5 Å². The van der Waals surface area contributed by atoms with Gasteiger partial charge in [-0.3, -0.25) is 0 Å². The summed E-state index contributed by atoms with van der Waals surface area (Å²) in [6, 6.07) is 21.3. The molecule has 0 aliphatic heterocycles. The summed E-state index contributed by atoms with van der Waals surface area (Å²) in [5.74, 6) is 0. The average molecular weight is 393 g/mol. The van der Waals surface area contributed by atoms with Crippen LogP contribution in [-0.4, -0.2) is 0 Å². The zero-order valence-corrected chi connectivity index (χ0v) is 16.9. The Balaban J connectivity index is 1.63. The summed E-state index contributed by atoms with van der Waals surface area (Å²) in [6.07, 6.45) is 6.54. The van der Waals surface area contributed by atoms with Crippen LogP contribution in [0.15, 0.2) is 60.7 Å². The number of fused-ring (bicyclic) bond motifs is 1. The van der Waals surface area contributed by atoms with Crippen molar-refractivity contribution < 1.29 is 0 Å². The molecule has 0 aromatic heterocycles. The molecule has 0 unspecified atom stereocenters. The van der Waals surface area contributed by atoms with Gasteiger partial charge in [-0.2, -0.15) is 0 Å². The first-order valence-electron chi connectivity index (χ1n) is 9.42. The molecule has 0 atom stereocenters. The van der Waals surface area contributed by atoms with Crippen LogP contribution in [0, 0.1) is 6.92 Å². The van der Waals surface area contributed by atoms with Crippen molar-refractivity contribution in [1.29, 1.82) is 0 Å². The number of aryl methyl sites for hydroxylation is 4. The van der Waals surface area contributed by atoms with Crippen LogP contribution in [0.25, 0.3) is 11.6 Å². The molecule has 1 aliphatic carbocycles. The van der Waals surface area contributed by atoms with Gasteiger partial charge < -0.3 is 0 Å². The Bertz CT molecular complexity index is 977. The Labute approximate surface area is 171 Å². The zero-order valence-electron chi connectivity index (χ0n) is 15.4. The molecule has 27 heavy (non-hydrogen) atoms. The maximum atomic E-state index is 6.18. The van der Waals surface area contributed by atoms with Crippen LogP contribution in [0.2, 0.25) is 10.0 Å². The molecule has 1 aliphatic rings. The quantitative estimate of drug-likeness (QED) is 0.429. The van der Waals surface area contributed by atoms with E-state index >= 15 is 0 Å². The van der Waals surface area contributed by atoms with Gasteiger partial charge >= 0.3 is 0 Å². The van der Waals surface area contributed by atoms with E-state index in [4.69, 9.17) is 23.2 Å². The van der Waals surface area contributed by atoms with E-state index < -0.39 is 0 Å². The normalized spacial score (nSPS) is 14.6. The maximum Gasteiger partial charge on any atom is 0.0426 e. The topological polar surface area (TPSA) is 0 Å². The van der Waals surface area contributed by atoms with Crippen LogP contribution < -0.4 is 0 Å². The summed E-state index contributed by atoms with van der Waals surface area (Å²) in [6.45, 7) is 2.13. The predicted octanol–water partition coefficient (Wildman–Crippen LogP) is 7.57. The molecule has 0 saturated carbocycles. The molecule has 3 aromatic carbocycles. The van der Waals surface area contributed by atoms with Crippen molar-refractivity contribution >= 4 is 34.9 Å². The molecule has 3 aromatic rings. The molecule has 0 bridgehead atoms. The molecule has 0 fully saturated rings. The smallest absolute Gasteiger partial charge is 0.0426 e. The third kappa shape index (κ3) is 4.29. The van der Waals surface area contributed by atoms with Gasteiger partial charge in [-0.25, -0.2) is 0 Å². The van der Waals surface area contributed by atoms with Crippen molar-refractivity contribution in [2.75, 3.05) is 0 Å². The highest BCUT2D eigenvalue weighted by molar-refractivity contribution is 6.34. The number of hydrogen-bond donors (Lipinski definition) is 0. The Morgan fingerprint density at radius 1 is 0.852 bits per heavy atom. The minimum Gasteiger partial charge on any atom is -0.0843 e. The van der Waals surface area contributed by atoms with E-state index in [0.29, 0.717) is 10.0 Å². The third-order valence-corrected chi connectivity index (χ3v) is 5.69. The van der Waals surface area contributed by atoms with Gasteiger partial charge in [0.05, 0.1) is 0 Å². The fraction of sp³-hybridized carbons (Fsp3) is 0.200. The molecular weight excluding hydrogens is 371 g/mol. The van der Waals surface area contributed by atoms with Crippen molar-refractivity contribution in [3.63, 3.8) is 0 Å². The number of hydrogen-bond acceptors (Lipinski definition) is 0. The fourth-order valence-electron chi connectivity index (χ4n) is 3.91. The zero-order chi connectivity index (χ0) is 18.8. The Morgan fingerprint density at radius 3 is 2.33 bits per heavy atom. The van der Waals surface area contributed by atoms with E-state index in [0.717, 1.165) is 31.2 Å². The Hall–Kier alpha value is -2.02. The molecule has 136 valence electrons. The van der Waals surface area contributed by atoms with Crippen molar-refractivity contribution in [3.05, 3.63) is 104 Å². The summed E-state index contributed by atoms with van der Waals surface area (Å²) in [5.41, 5.74) is 9.49. The standard InChI is InChI=1S/C25H22Cl2/c1-17-5-7-18(8-6-17)9-10-20-3-2-4-21-11-12-22(25(20)21)13-19-14-23(26)16-24(27)15-19/h2-8,13-16H,9-12H2,1H3/b22-13+. The van der Waals surface area contributed by atoms with Gasteiger partial charge in [-0.15, -0.1) is 0 Å². The number of benzene rings is 3. The summed E-state index contributed by atoms with van der Waals surface area (Å²) in [7, 11) is 0. The van der Waals surface area contributed by atoms with Crippen molar-refractivity contribution in [1.82, 2.24) is 0 Å². The SMILES string of the molecule is Cc1ccc(CCc2cccc3c2/C(=C/c2cc(Cl)cc(Cl)c2)CC3)cc1. The van der Waals surface area contributed by atoms with Crippen molar-refractivity contribution in [2.45, 2.75) is 32.6 Å². The average Bonchev–Trinajstić information content (AvgIpc) is 3.04. The van der Waals surface area contributed by atoms with Gasteiger partial charge in [0.1, 0.15) is 0 Å². The first-order chi connectivity index (χ1) is 13.1. The molecule has 2 heteroatoms. The molecule has 0 spiro atoms. The lowest BCUT2D eigenvalue weighted by Gasteiger charge is -2.11. The largest absolute Gasteiger partial charge is 0.0843 e. The molecule has 0 saturated heterocycles. The van der Waals surface area contributed by atoms with Crippen LogP contribution in [0.5, 0.6) is 0 Å². The van der Waals surface area contributed by atoms with Gasteiger partial charge in [0.2, 0.25) is 0 Å². The van der Waals surface area contributed by atoms with Gasteiger partial charge in [0, 0.05) is 10.0 Å². The summed E-state index contributed by atoms with van der Waals surface area (Å²) in [5, 5.41) is 1.36. The van der Waals surface area contributed by atoms with Crippen LogP contribution >= 0.6 is 23.2 Å². The Kier molecular flexibility index (Phi) is 5.38. The summed E-state index contributed by atoms with van der Waals surface area (Å²) < 4.78 is 0. The van der Waals surface area contributed by atoms with Crippen molar-refractivity contribution in [2.24, 2.45) is 0 Å². The van der Waals surface area contributed by atoms with Crippen LogP contribution in [0.1, 0.15) is 39.8 Å². The van der Waals surface area contributed by atoms with E-state index in [9.17, 15) is 0 Å². The molecule has 0 nitrogen and oxygen atoms in total. The van der Waals surface area contributed by atoms with E-state index in [1.54, 1.807) is 6.07 Å². The molecule has 0 heterocycles. The second-order valence-electron chi connectivity index (χ2n) is 7.31. The summed E-state index contributed by atoms with van der Waals surface area (Å²) in [4.78, 5) is 0. The van der Waals surface area contributed by atoms with Crippen molar-refractivity contribution in [3.8, 4) is 0 Å². The first-order valence-corrected chi connectivity index (χ1v) is 10.2. The van der Waals surface area contributed by atoms with Crippen LogP contribution in [0.3, 0.4) is 0 Å². The van der Waals surface area contributed by atoms with Crippen LogP contribution in [-0.2, 0) is 19.3 Å². The molecule has 4 rings (SSSR count). The molecule has 0 N–H and O–H groups in total. The van der Waals surface area contributed by atoms with E-state index in [-0.39, 0.29) is 0 Å². The second kappa shape index (κ2) is 7.92. The van der Waals surface area contributed by atoms with Gasteiger partial charge in [0.15, 0.2) is 0 Å². The number of allylic oxidation sites excluding steroid dienone is 1. The van der Waals surface area contributed by atoms with Crippen LogP contribution in [0.4, 0.5) is 0 Å². The van der Waals surface area contributed by atoms with E-state index in [1.807, 2.05) is 12.1 Å². The van der Waals surface area contributed by atoms with Gasteiger partial charge in [-0.05, 0) is 84.2 Å². The summed E-state index contributed by atoms with van der Waals surface area (Å²) >= 11 is 12.4. The minimum absolute atomic E-state index is 0.681. The highest BCUT2D eigenvalue weighted by Gasteiger charge is 2.19. The highest BCUT2D eigenvalue weighted by atomic mass is 35.5. The van der Waals surface area contributed by atoms with E-state index in [1.165, 1.54) is 33.4 Å². The lowest BCUT2D eigenvalue weighted by Crippen LogP contribution is -1.97.